The van der Waals surface area contributed by atoms with Crippen molar-refractivity contribution >= 4 is 11.6 Å². The number of aliphatic hydroxyl groups is 8. The fourth-order valence-electron chi connectivity index (χ4n) is 3.06. The number of anilines is 1. The molecule has 0 aromatic heterocycles. The summed E-state index contributed by atoms with van der Waals surface area (Å²) >= 11 is 0. The molecule has 0 aliphatic carbocycles. The van der Waals surface area contributed by atoms with Crippen LogP contribution in [0.3, 0.4) is 0 Å². The Hall–Kier alpha value is -1.67. The summed E-state index contributed by atoms with van der Waals surface area (Å²) in [5.41, 5.74) is -1.71. The zero-order chi connectivity index (χ0) is 22.9. The third kappa shape index (κ3) is 5.14. The molecule has 1 amide bonds. The van der Waals surface area contributed by atoms with E-state index in [1.165, 1.54) is 38.1 Å². The molecule has 0 saturated carbocycles. The second-order valence-electron chi connectivity index (χ2n) is 7.92. The van der Waals surface area contributed by atoms with Gasteiger partial charge >= 0.3 is 0 Å². The summed E-state index contributed by atoms with van der Waals surface area (Å²) in [7, 11) is 0. The summed E-state index contributed by atoms with van der Waals surface area (Å²) in [5.74, 6) is -4.63. The van der Waals surface area contributed by atoms with E-state index < -0.39 is 67.1 Å². The molecule has 6 atom stereocenters. The van der Waals surface area contributed by atoms with Crippen molar-refractivity contribution in [2.24, 2.45) is 0 Å². The highest BCUT2D eigenvalue weighted by Gasteiger charge is 2.51. The van der Waals surface area contributed by atoms with Crippen molar-refractivity contribution in [2.75, 3.05) is 11.5 Å². The Balaban J connectivity index is 2.44. The van der Waals surface area contributed by atoms with Crippen LogP contribution in [-0.4, -0.2) is 102 Å². The third-order valence-corrected chi connectivity index (χ3v) is 5.01. The van der Waals surface area contributed by atoms with Gasteiger partial charge in [0.25, 0.3) is 5.91 Å². The van der Waals surface area contributed by atoms with Gasteiger partial charge < -0.3 is 45.6 Å². The molecule has 1 saturated heterocycles. The smallest absolute Gasteiger partial charge is 0.289 e. The molecule has 170 valence electrons. The minimum Gasteiger partial charge on any atom is -0.394 e. The normalized spacial score (nSPS) is 28.8. The van der Waals surface area contributed by atoms with Gasteiger partial charge in [-0.15, -0.1) is 0 Å². The van der Waals surface area contributed by atoms with Crippen molar-refractivity contribution in [2.45, 2.75) is 68.4 Å². The molecule has 8 N–H and O–H groups in total. The van der Waals surface area contributed by atoms with E-state index in [0.29, 0.717) is 4.90 Å². The van der Waals surface area contributed by atoms with E-state index in [0.717, 1.165) is 0 Å². The molecular formula is C19H29NO10. The number of hydrogen-bond donors (Lipinski definition) is 8. The Morgan fingerprint density at radius 2 is 1.63 bits per heavy atom. The molecule has 0 bridgehead atoms. The highest BCUT2D eigenvalue weighted by molar-refractivity contribution is 5.98. The number of benzene rings is 1. The average Bonchev–Trinajstić information content (AvgIpc) is 2.67. The summed E-state index contributed by atoms with van der Waals surface area (Å²) in [6, 6.07) is 7.43. The number of para-hydroxylation sites is 1. The predicted molar refractivity (Wildman–Crippen MR) is 102 cm³/mol. The molecule has 1 aliphatic heterocycles. The summed E-state index contributed by atoms with van der Waals surface area (Å²) in [6.45, 7) is 1.68. The molecule has 1 heterocycles. The second-order valence-corrected chi connectivity index (χ2v) is 7.92. The number of carbonyl (C=O) groups is 1. The van der Waals surface area contributed by atoms with Crippen LogP contribution >= 0.6 is 0 Å². The van der Waals surface area contributed by atoms with Crippen LogP contribution in [0, 0.1) is 0 Å². The number of ether oxygens (including phenoxy) is 1. The van der Waals surface area contributed by atoms with Crippen LogP contribution in [0.4, 0.5) is 5.69 Å². The van der Waals surface area contributed by atoms with Gasteiger partial charge in [0.15, 0.2) is 6.23 Å². The molecule has 1 fully saturated rings. The molecule has 0 spiro atoms. The minimum absolute atomic E-state index is 0.0389. The fraction of sp³-hybridized carbons (Fsp3) is 0.632. The Labute approximate surface area is 173 Å². The first-order valence-electron chi connectivity index (χ1n) is 9.35. The van der Waals surface area contributed by atoms with Gasteiger partial charge in [-0.3, -0.25) is 9.69 Å². The lowest BCUT2D eigenvalue weighted by atomic mass is 9.93. The minimum atomic E-state index is -3.20. The predicted octanol–water partition coefficient (Wildman–Crippen LogP) is -2.98. The van der Waals surface area contributed by atoms with E-state index in [1.807, 2.05) is 0 Å². The van der Waals surface area contributed by atoms with Crippen LogP contribution < -0.4 is 4.90 Å². The largest absolute Gasteiger partial charge is 0.394 e. The van der Waals surface area contributed by atoms with E-state index >= 15 is 0 Å². The topological polar surface area (TPSA) is 191 Å². The fourth-order valence-corrected chi connectivity index (χ4v) is 3.06. The van der Waals surface area contributed by atoms with Crippen molar-refractivity contribution in [1.82, 2.24) is 0 Å². The first-order valence-corrected chi connectivity index (χ1v) is 9.35. The van der Waals surface area contributed by atoms with Gasteiger partial charge in [-0.25, -0.2) is 0 Å². The van der Waals surface area contributed by atoms with Crippen molar-refractivity contribution in [3.63, 3.8) is 0 Å². The highest BCUT2D eigenvalue weighted by Crippen LogP contribution is 2.31. The zero-order valence-electron chi connectivity index (χ0n) is 16.6. The van der Waals surface area contributed by atoms with Gasteiger partial charge in [0.05, 0.1) is 18.3 Å². The van der Waals surface area contributed by atoms with E-state index in [9.17, 15) is 45.6 Å². The number of amides is 1. The van der Waals surface area contributed by atoms with E-state index in [1.54, 1.807) is 6.07 Å². The molecule has 1 aromatic rings. The van der Waals surface area contributed by atoms with Crippen molar-refractivity contribution in [3.8, 4) is 0 Å². The maximum absolute atomic E-state index is 13.1. The number of rotatable bonds is 7. The molecule has 11 nitrogen and oxygen atoms in total. The zero-order valence-corrected chi connectivity index (χ0v) is 16.6. The molecular weight excluding hydrogens is 402 g/mol. The second kappa shape index (κ2) is 9.22. The lowest BCUT2D eigenvalue weighted by Crippen LogP contribution is -2.67. The summed E-state index contributed by atoms with van der Waals surface area (Å²) in [5, 5.41) is 80.5. The van der Waals surface area contributed by atoms with Crippen LogP contribution in [0.25, 0.3) is 0 Å². The molecule has 2 rings (SSSR count). The molecule has 30 heavy (non-hydrogen) atoms. The first kappa shape index (κ1) is 24.6. The summed E-state index contributed by atoms with van der Waals surface area (Å²) in [4.78, 5) is 13.7. The summed E-state index contributed by atoms with van der Waals surface area (Å²) in [6.07, 6.45) is -11.1. The lowest BCUT2D eigenvalue weighted by Gasteiger charge is -2.45. The SMILES string of the molecule is CC(C)(O)[C@@H](O)CC(O)(O)C(=O)N(c1ccccc1)[C@@H]1O[C@H](CO)[C@@H](O)[C@H](O)[C@H]1O. The molecule has 0 radical (unpaired) electrons. The van der Waals surface area contributed by atoms with Crippen LogP contribution in [0.15, 0.2) is 30.3 Å². The van der Waals surface area contributed by atoms with E-state index in [4.69, 9.17) is 4.74 Å². The van der Waals surface area contributed by atoms with Gasteiger partial charge in [-0.05, 0) is 26.0 Å². The monoisotopic (exact) mass is 431 g/mol. The molecule has 0 unspecified atom stereocenters. The van der Waals surface area contributed by atoms with Crippen LogP contribution in [-0.2, 0) is 9.53 Å². The Kier molecular flexibility index (Phi) is 7.56. The third-order valence-electron chi connectivity index (χ3n) is 5.01. The lowest BCUT2D eigenvalue weighted by molar-refractivity contribution is -0.235. The van der Waals surface area contributed by atoms with Crippen molar-refractivity contribution in [1.29, 1.82) is 0 Å². The number of aliphatic hydroxyl groups excluding tert-OH is 5. The van der Waals surface area contributed by atoms with Crippen LogP contribution in [0.5, 0.6) is 0 Å². The quantitative estimate of drug-likeness (QED) is 0.207. The van der Waals surface area contributed by atoms with Crippen molar-refractivity contribution in [3.05, 3.63) is 30.3 Å². The first-order chi connectivity index (χ1) is 13.8. The van der Waals surface area contributed by atoms with Gasteiger partial charge in [0, 0.05) is 12.1 Å². The Bertz CT molecular complexity index is 705. The molecule has 1 aromatic carbocycles. The number of carbonyl (C=O) groups excluding carboxylic acids is 1. The van der Waals surface area contributed by atoms with E-state index in [2.05, 4.69) is 0 Å². The van der Waals surface area contributed by atoms with Gasteiger partial charge in [-0.1, -0.05) is 18.2 Å². The van der Waals surface area contributed by atoms with Crippen molar-refractivity contribution < 1.29 is 50.4 Å². The maximum atomic E-state index is 13.1. The van der Waals surface area contributed by atoms with Gasteiger partial charge in [0.1, 0.15) is 24.4 Å². The van der Waals surface area contributed by atoms with Gasteiger partial charge in [0.2, 0.25) is 5.79 Å². The Morgan fingerprint density at radius 3 is 2.13 bits per heavy atom. The summed E-state index contributed by atoms with van der Waals surface area (Å²) < 4.78 is 5.40. The van der Waals surface area contributed by atoms with E-state index in [-0.39, 0.29) is 5.69 Å². The molecule has 1 aliphatic rings. The molecule has 11 heteroatoms. The average molecular weight is 431 g/mol. The van der Waals surface area contributed by atoms with Crippen LogP contribution in [0.2, 0.25) is 0 Å². The number of nitrogens with zero attached hydrogens (tertiary/aromatic N) is 1. The van der Waals surface area contributed by atoms with Crippen LogP contribution in [0.1, 0.15) is 20.3 Å². The number of hydrogen-bond acceptors (Lipinski definition) is 10. The standard InChI is InChI=1S/C19H29NO10/c1-18(2,27)12(22)8-19(28,29)17(26)20(10-6-4-3-5-7-10)16-15(25)14(24)13(23)11(9-21)30-16/h3-7,11-16,21-25,27-29H,8-9H2,1-2H3/t11-,12+,13-,14+,15-,16-/m1/s1. The van der Waals surface area contributed by atoms with Gasteiger partial charge in [-0.2, -0.15) is 0 Å². The Morgan fingerprint density at radius 1 is 1.07 bits per heavy atom. The maximum Gasteiger partial charge on any atom is 0.289 e. The highest BCUT2D eigenvalue weighted by atomic mass is 16.6.